The zero-order chi connectivity index (χ0) is 19.0. The molecule has 0 bridgehead atoms. The van der Waals surface area contributed by atoms with E-state index in [0.29, 0.717) is 11.4 Å². The van der Waals surface area contributed by atoms with Crippen molar-refractivity contribution in [3.63, 3.8) is 0 Å². The summed E-state index contributed by atoms with van der Waals surface area (Å²) in [4.78, 5) is 7.61. The van der Waals surface area contributed by atoms with Gasteiger partial charge >= 0.3 is 0 Å². The molecule has 0 atom stereocenters. The maximum absolute atomic E-state index is 11.4. The molecule has 0 fully saturated rings. The normalized spacial score (nSPS) is 11.2. The summed E-state index contributed by atoms with van der Waals surface area (Å²) in [6.07, 6.45) is 4.75. The van der Waals surface area contributed by atoms with E-state index in [9.17, 15) is 8.42 Å². The minimum Gasteiger partial charge on any atom is -0.494 e. The maximum atomic E-state index is 11.4. The van der Waals surface area contributed by atoms with E-state index in [1.807, 2.05) is 30.5 Å². The molecule has 9 heteroatoms. The highest BCUT2D eigenvalue weighted by atomic mass is 35.5. The molecule has 2 heterocycles. The quantitative estimate of drug-likeness (QED) is 0.450. The molecular weight excluding hydrogens is 400 g/mol. The molecule has 0 aliphatic heterocycles. The largest absolute Gasteiger partial charge is 0.494 e. The number of nitrogens with one attached hydrogen (secondary N) is 3. The molecule has 4 aromatic rings. The Hall–Kier alpha value is -2.97. The first-order valence-corrected chi connectivity index (χ1v) is 10.1. The number of hydrogen-bond acceptors (Lipinski definition) is 5. The summed E-state index contributed by atoms with van der Waals surface area (Å²) in [6.45, 7) is 0. The number of H-pyrrole nitrogens is 1. The van der Waals surface area contributed by atoms with E-state index >= 15 is 0 Å². The number of anilines is 3. The number of methoxy groups -OCH3 is 1. The lowest BCUT2D eigenvalue weighted by Crippen LogP contribution is -2.09. The minimum absolute atomic E-state index is 0. The van der Waals surface area contributed by atoms with Gasteiger partial charge in [-0.15, -0.1) is 12.4 Å². The number of pyridine rings is 1. The maximum Gasteiger partial charge on any atom is 0.229 e. The number of fused-ring (bicyclic) bond motifs is 3. The Bertz CT molecular complexity index is 1250. The predicted molar refractivity (Wildman–Crippen MR) is 116 cm³/mol. The van der Waals surface area contributed by atoms with Crippen molar-refractivity contribution in [2.75, 3.05) is 23.4 Å². The highest BCUT2D eigenvalue weighted by molar-refractivity contribution is 7.92. The molecular formula is C19H19ClN4O3S. The van der Waals surface area contributed by atoms with Crippen LogP contribution in [0.3, 0.4) is 0 Å². The Labute approximate surface area is 168 Å². The Balaban J connectivity index is 0.00000225. The molecule has 146 valence electrons. The van der Waals surface area contributed by atoms with Gasteiger partial charge in [-0.25, -0.2) is 8.42 Å². The molecule has 2 aromatic carbocycles. The predicted octanol–water partition coefficient (Wildman–Crippen LogP) is 4.26. The lowest BCUT2D eigenvalue weighted by atomic mass is 10.1. The molecule has 3 N–H and O–H groups in total. The number of aromatic nitrogens is 2. The van der Waals surface area contributed by atoms with Gasteiger partial charge in [0.1, 0.15) is 5.75 Å². The fourth-order valence-electron chi connectivity index (χ4n) is 3.11. The van der Waals surface area contributed by atoms with Crippen molar-refractivity contribution in [2.45, 2.75) is 0 Å². The van der Waals surface area contributed by atoms with Crippen LogP contribution < -0.4 is 14.8 Å². The summed E-state index contributed by atoms with van der Waals surface area (Å²) < 4.78 is 30.8. The molecule has 0 saturated heterocycles. The lowest BCUT2D eigenvalue weighted by molar-refractivity contribution is 0.417. The molecule has 0 aliphatic rings. The van der Waals surface area contributed by atoms with Crippen LogP contribution in [-0.4, -0.2) is 31.8 Å². The van der Waals surface area contributed by atoms with Gasteiger partial charge in [0.25, 0.3) is 0 Å². The first kappa shape index (κ1) is 19.8. The Morgan fingerprint density at radius 2 is 1.89 bits per heavy atom. The van der Waals surface area contributed by atoms with Gasteiger partial charge < -0.3 is 15.0 Å². The summed E-state index contributed by atoms with van der Waals surface area (Å²) in [5, 5.41) is 5.45. The topological polar surface area (TPSA) is 96.1 Å². The third-order valence-electron chi connectivity index (χ3n) is 4.21. The van der Waals surface area contributed by atoms with Gasteiger partial charge in [0, 0.05) is 34.7 Å². The number of benzene rings is 2. The van der Waals surface area contributed by atoms with Gasteiger partial charge in [0.05, 0.1) is 35.9 Å². The number of ether oxygens (including phenoxy) is 1. The number of halogens is 1. The smallest absolute Gasteiger partial charge is 0.229 e. The number of hydrogen-bond donors (Lipinski definition) is 3. The molecule has 2 aromatic heterocycles. The first-order chi connectivity index (χ1) is 12.9. The monoisotopic (exact) mass is 418 g/mol. The fourth-order valence-corrected chi connectivity index (χ4v) is 3.67. The van der Waals surface area contributed by atoms with Crippen molar-refractivity contribution < 1.29 is 13.2 Å². The number of nitrogens with zero attached hydrogens (tertiary/aromatic N) is 1. The molecule has 0 aliphatic carbocycles. The number of sulfonamides is 1. The van der Waals surface area contributed by atoms with Gasteiger partial charge in [-0.2, -0.15) is 0 Å². The Kier molecular flexibility index (Phi) is 5.35. The van der Waals surface area contributed by atoms with E-state index < -0.39 is 10.0 Å². The average Bonchev–Trinajstić information content (AvgIpc) is 3.10. The molecule has 0 unspecified atom stereocenters. The van der Waals surface area contributed by atoms with Crippen LogP contribution in [0.4, 0.5) is 17.1 Å². The van der Waals surface area contributed by atoms with E-state index in [-0.39, 0.29) is 12.4 Å². The average molecular weight is 419 g/mol. The van der Waals surface area contributed by atoms with Crippen LogP contribution in [-0.2, 0) is 10.0 Å². The molecule has 0 amide bonds. The molecule has 7 nitrogen and oxygen atoms in total. The minimum atomic E-state index is -3.36. The summed E-state index contributed by atoms with van der Waals surface area (Å²) in [6, 6.07) is 13.0. The van der Waals surface area contributed by atoms with E-state index in [2.05, 4.69) is 20.0 Å². The summed E-state index contributed by atoms with van der Waals surface area (Å²) in [5.41, 5.74) is 3.96. The third kappa shape index (κ3) is 3.83. The fraction of sp³-hybridized carbons (Fsp3) is 0.105. The van der Waals surface area contributed by atoms with Crippen LogP contribution in [0.25, 0.3) is 21.8 Å². The number of rotatable bonds is 5. The van der Waals surface area contributed by atoms with Crippen LogP contribution in [0, 0.1) is 0 Å². The second-order valence-electron chi connectivity index (χ2n) is 6.17. The molecule has 0 spiro atoms. The molecule has 4 rings (SSSR count). The molecule has 0 radical (unpaired) electrons. The van der Waals surface area contributed by atoms with E-state index in [0.717, 1.165) is 39.4 Å². The second kappa shape index (κ2) is 7.57. The Morgan fingerprint density at radius 3 is 2.64 bits per heavy atom. The van der Waals surface area contributed by atoms with Gasteiger partial charge in [-0.1, -0.05) is 0 Å². The van der Waals surface area contributed by atoms with Crippen LogP contribution in [0.1, 0.15) is 0 Å². The third-order valence-corrected chi connectivity index (χ3v) is 4.82. The summed E-state index contributed by atoms with van der Waals surface area (Å²) in [5.74, 6) is 0.525. The van der Waals surface area contributed by atoms with E-state index in [4.69, 9.17) is 4.74 Å². The van der Waals surface area contributed by atoms with Gasteiger partial charge in [0.15, 0.2) is 0 Å². The van der Waals surface area contributed by atoms with Crippen molar-refractivity contribution in [1.82, 2.24) is 9.97 Å². The zero-order valence-electron chi connectivity index (χ0n) is 15.2. The van der Waals surface area contributed by atoms with Crippen molar-refractivity contribution in [1.29, 1.82) is 0 Å². The number of aromatic amines is 1. The second-order valence-corrected chi connectivity index (χ2v) is 7.92. The van der Waals surface area contributed by atoms with Gasteiger partial charge in [0.2, 0.25) is 10.0 Å². The van der Waals surface area contributed by atoms with E-state index in [1.54, 1.807) is 31.5 Å². The zero-order valence-corrected chi connectivity index (χ0v) is 16.8. The molecule has 0 saturated carbocycles. The van der Waals surface area contributed by atoms with E-state index in [1.165, 1.54) is 0 Å². The van der Waals surface area contributed by atoms with Crippen LogP contribution >= 0.6 is 12.4 Å². The van der Waals surface area contributed by atoms with Crippen molar-refractivity contribution in [2.24, 2.45) is 0 Å². The highest BCUT2D eigenvalue weighted by Crippen LogP contribution is 2.35. The first-order valence-electron chi connectivity index (χ1n) is 8.22. The molecule has 28 heavy (non-hydrogen) atoms. The summed E-state index contributed by atoms with van der Waals surface area (Å²) >= 11 is 0. The van der Waals surface area contributed by atoms with Crippen LogP contribution in [0.15, 0.2) is 54.9 Å². The lowest BCUT2D eigenvalue weighted by Gasteiger charge is -2.15. The van der Waals surface area contributed by atoms with Crippen molar-refractivity contribution >= 4 is 61.3 Å². The van der Waals surface area contributed by atoms with Gasteiger partial charge in [-0.05, 0) is 36.4 Å². The van der Waals surface area contributed by atoms with Gasteiger partial charge in [-0.3, -0.25) is 9.71 Å². The van der Waals surface area contributed by atoms with Crippen LogP contribution in [0.2, 0.25) is 0 Å². The summed E-state index contributed by atoms with van der Waals surface area (Å²) in [7, 11) is -1.82. The SMILES string of the molecule is COc1cc(NS(C)(=O)=O)ccc1Nc1cc[nH]c2ccc3nccc3c12.Cl. The standard InChI is InChI=1S/C19H18N4O3S.ClH/c1-26-18-11-12(23-27(2,24)25)3-4-15(18)22-17-8-10-21-16-6-5-14-13(19(16)17)7-9-20-14;/h3-11,21-23H,1-2H3;1H. The van der Waals surface area contributed by atoms with Crippen molar-refractivity contribution in [3.05, 3.63) is 54.9 Å². The Morgan fingerprint density at radius 1 is 1.07 bits per heavy atom. The van der Waals surface area contributed by atoms with Crippen molar-refractivity contribution in [3.8, 4) is 5.75 Å². The highest BCUT2D eigenvalue weighted by Gasteiger charge is 2.11. The van der Waals surface area contributed by atoms with Crippen LogP contribution in [0.5, 0.6) is 5.75 Å².